The third kappa shape index (κ3) is 3.09. The van der Waals surface area contributed by atoms with Gasteiger partial charge in [-0.1, -0.05) is 97.1 Å². The predicted octanol–water partition coefficient (Wildman–Crippen LogP) is 5.91. The summed E-state index contributed by atoms with van der Waals surface area (Å²) in [4.78, 5) is 56.5. The van der Waals surface area contributed by atoms with Crippen molar-refractivity contribution in [2.45, 2.75) is 18.0 Å². The number of hydrogen-bond acceptors (Lipinski definition) is 6. The fourth-order valence-electron chi connectivity index (χ4n) is 6.87. The molecule has 1 aliphatic carbocycles. The summed E-state index contributed by atoms with van der Waals surface area (Å²) in [6.45, 7) is 0. The van der Waals surface area contributed by atoms with Crippen LogP contribution in [0.4, 0.5) is 11.4 Å². The third-order valence-corrected chi connectivity index (χ3v) is 8.50. The predicted molar refractivity (Wildman–Crippen MR) is 150 cm³/mol. The Balaban J connectivity index is 1.54. The van der Waals surface area contributed by atoms with Crippen LogP contribution in [-0.2, 0) is 0 Å². The number of carbonyl (C=O) groups is 3. The molecule has 0 aromatic heterocycles. The van der Waals surface area contributed by atoms with Gasteiger partial charge in [-0.15, -0.1) is 0 Å². The highest BCUT2D eigenvalue weighted by Gasteiger charge is 2.71. The highest BCUT2D eigenvalue weighted by molar-refractivity contribution is 6.32. The Hall–Kier alpha value is -5.17. The van der Waals surface area contributed by atoms with Gasteiger partial charge >= 0.3 is 0 Å². The molecule has 0 bridgehead atoms. The summed E-state index contributed by atoms with van der Waals surface area (Å²) in [7, 11) is 0. The fourth-order valence-corrected chi connectivity index (χ4v) is 6.87. The zero-order chi connectivity index (χ0) is 27.6. The van der Waals surface area contributed by atoms with Crippen LogP contribution in [0.15, 0.2) is 109 Å². The molecule has 4 aromatic rings. The lowest BCUT2D eigenvalue weighted by atomic mass is 9.64. The van der Waals surface area contributed by atoms with Gasteiger partial charge in [0.25, 0.3) is 5.69 Å². The summed E-state index contributed by atoms with van der Waals surface area (Å²) in [5, 5.41) is 11.5. The first-order valence-electron chi connectivity index (χ1n) is 13.0. The van der Waals surface area contributed by atoms with Crippen LogP contribution >= 0.6 is 0 Å². The Bertz CT molecular complexity index is 1720. The Kier molecular flexibility index (Phi) is 5.19. The number of non-ortho nitro benzene ring substituents is 1. The molecule has 7 nitrogen and oxygen atoms in total. The number of Topliss-reactive ketones (excluding diaryl/α,β-unsaturated/α-hetero) is 3. The first-order chi connectivity index (χ1) is 19.4. The fraction of sp³-hybridized carbons (Fsp3) is 0.121. The van der Waals surface area contributed by atoms with Crippen molar-refractivity contribution in [1.29, 1.82) is 0 Å². The molecule has 0 radical (unpaired) electrons. The first-order valence-corrected chi connectivity index (χ1v) is 13.0. The Morgan fingerprint density at radius 3 is 2.02 bits per heavy atom. The summed E-state index contributed by atoms with van der Waals surface area (Å²) in [6, 6.07) is 27.5. The molecular weight excluding hydrogens is 504 g/mol. The average Bonchev–Trinajstić information content (AvgIpc) is 3.43. The zero-order valence-electron chi connectivity index (χ0n) is 21.1. The van der Waals surface area contributed by atoms with Crippen molar-refractivity contribution in [2.24, 2.45) is 5.41 Å². The van der Waals surface area contributed by atoms with Crippen LogP contribution in [0.3, 0.4) is 0 Å². The van der Waals surface area contributed by atoms with E-state index in [4.69, 9.17) is 0 Å². The Morgan fingerprint density at radius 2 is 1.38 bits per heavy atom. The van der Waals surface area contributed by atoms with Gasteiger partial charge in [0, 0.05) is 40.4 Å². The lowest BCUT2D eigenvalue weighted by Gasteiger charge is -2.37. The normalized spacial score (nSPS) is 21.7. The largest absolute Gasteiger partial charge is 0.352 e. The topological polar surface area (TPSA) is 97.6 Å². The Morgan fingerprint density at radius 1 is 0.775 bits per heavy atom. The molecule has 1 fully saturated rings. The molecule has 2 heterocycles. The minimum Gasteiger partial charge on any atom is -0.352 e. The SMILES string of the molecule is O=C(c1ccccc1)[C@@H]1[C@@H](c2ccc([N+](=O)[O-])cc2)C2(C(=O)c3ccccc3C2=O)[C@H]2C=Cc3ccccc3N12. The van der Waals surface area contributed by atoms with Gasteiger partial charge in [0.2, 0.25) is 0 Å². The summed E-state index contributed by atoms with van der Waals surface area (Å²) in [6.07, 6.45) is 3.77. The monoisotopic (exact) mass is 526 g/mol. The van der Waals surface area contributed by atoms with Crippen LogP contribution in [0.5, 0.6) is 0 Å². The molecule has 0 saturated carbocycles. The lowest BCUT2D eigenvalue weighted by molar-refractivity contribution is -0.384. The molecule has 1 spiro atoms. The number of hydrogen-bond donors (Lipinski definition) is 0. The Labute approximate surface area is 229 Å². The molecule has 4 aromatic carbocycles. The second kappa shape index (κ2) is 8.68. The van der Waals surface area contributed by atoms with E-state index in [0.29, 0.717) is 22.3 Å². The third-order valence-electron chi connectivity index (χ3n) is 8.50. The van der Waals surface area contributed by atoms with Crippen molar-refractivity contribution in [3.8, 4) is 0 Å². The maximum absolute atomic E-state index is 14.6. The van der Waals surface area contributed by atoms with Crippen LogP contribution in [0, 0.1) is 15.5 Å². The second-order valence-electron chi connectivity index (χ2n) is 10.3. The van der Waals surface area contributed by atoms with E-state index in [-0.39, 0.29) is 23.0 Å². The van der Waals surface area contributed by atoms with Gasteiger partial charge in [-0.25, -0.2) is 0 Å². The van der Waals surface area contributed by atoms with Crippen LogP contribution in [0.25, 0.3) is 6.08 Å². The van der Waals surface area contributed by atoms with Crippen molar-refractivity contribution in [2.75, 3.05) is 4.90 Å². The van der Waals surface area contributed by atoms with E-state index in [1.54, 1.807) is 60.7 Å². The number of nitro groups is 1. The van der Waals surface area contributed by atoms with E-state index in [9.17, 15) is 24.5 Å². The minimum absolute atomic E-state index is 0.114. The van der Waals surface area contributed by atoms with Gasteiger partial charge < -0.3 is 4.90 Å². The molecule has 3 atom stereocenters. The molecule has 40 heavy (non-hydrogen) atoms. The molecule has 0 N–H and O–H groups in total. The van der Waals surface area contributed by atoms with Gasteiger partial charge in [0.15, 0.2) is 17.3 Å². The molecule has 0 unspecified atom stereocenters. The quantitative estimate of drug-likeness (QED) is 0.142. The van der Waals surface area contributed by atoms with Crippen LogP contribution in [-0.4, -0.2) is 34.4 Å². The minimum atomic E-state index is -1.64. The summed E-state index contributed by atoms with van der Waals surface area (Å²) < 4.78 is 0. The molecule has 3 aliphatic rings. The van der Waals surface area contributed by atoms with Crippen molar-refractivity contribution in [3.05, 3.63) is 147 Å². The summed E-state index contributed by atoms with van der Waals surface area (Å²) in [5.41, 5.74) is 1.52. The van der Waals surface area contributed by atoms with Gasteiger partial charge in [-0.2, -0.15) is 0 Å². The highest BCUT2D eigenvalue weighted by Crippen LogP contribution is 2.61. The molecule has 1 saturated heterocycles. The van der Waals surface area contributed by atoms with E-state index >= 15 is 0 Å². The molecule has 7 heteroatoms. The van der Waals surface area contributed by atoms with Crippen LogP contribution in [0.2, 0.25) is 0 Å². The van der Waals surface area contributed by atoms with Gasteiger partial charge in [0.05, 0.1) is 11.0 Å². The highest BCUT2D eigenvalue weighted by atomic mass is 16.6. The van der Waals surface area contributed by atoms with Crippen LogP contribution < -0.4 is 4.90 Å². The van der Waals surface area contributed by atoms with Crippen molar-refractivity contribution < 1.29 is 19.3 Å². The molecule has 7 rings (SSSR count). The zero-order valence-corrected chi connectivity index (χ0v) is 21.1. The van der Waals surface area contributed by atoms with E-state index in [2.05, 4.69) is 0 Å². The van der Waals surface area contributed by atoms with Crippen molar-refractivity contribution >= 4 is 34.8 Å². The van der Waals surface area contributed by atoms with Crippen molar-refractivity contribution in [1.82, 2.24) is 0 Å². The number of para-hydroxylation sites is 1. The van der Waals surface area contributed by atoms with Gasteiger partial charge in [0.1, 0.15) is 11.5 Å². The molecular formula is C33H22N2O5. The first kappa shape index (κ1) is 23.9. The van der Waals surface area contributed by atoms with Gasteiger partial charge in [-0.05, 0) is 17.2 Å². The second-order valence-corrected chi connectivity index (χ2v) is 10.3. The van der Waals surface area contributed by atoms with E-state index < -0.39 is 28.3 Å². The number of nitro benzene ring substituents is 1. The number of nitrogens with zero attached hydrogens (tertiary/aromatic N) is 2. The molecule has 2 aliphatic heterocycles. The number of ketones is 3. The van der Waals surface area contributed by atoms with E-state index in [0.717, 1.165) is 11.3 Å². The average molecular weight is 527 g/mol. The maximum Gasteiger partial charge on any atom is 0.269 e. The van der Waals surface area contributed by atoms with E-state index in [1.807, 2.05) is 47.4 Å². The number of fused-ring (bicyclic) bond motifs is 5. The molecule has 0 amide bonds. The maximum atomic E-state index is 14.6. The van der Waals surface area contributed by atoms with E-state index in [1.165, 1.54) is 12.1 Å². The number of rotatable bonds is 4. The number of anilines is 1. The lowest BCUT2D eigenvalue weighted by Crippen LogP contribution is -2.48. The van der Waals surface area contributed by atoms with Gasteiger partial charge in [-0.3, -0.25) is 24.5 Å². The molecule has 194 valence electrons. The van der Waals surface area contributed by atoms with Crippen molar-refractivity contribution in [3.63, 3.8) is 0 Å². The summed E-state index contributed by atoms with van der Waals surface area (Å²) in [5.74, 6) is -1.81. The number of carbonyl (C=O) groups excluding carboxylic acids is 3. The van der Waals surface area contributed by atoms with Crippen LogP contribution in [0.1, 0.15) is 48.1 Å². The summed E-state index contributed by atoms with van der Waals surface area (Å²) >= 11 is 0. The number of benzene rings is 4. The smallest absolute Gasteiger partial charge is 0.269 e. The standard InChI is InChI=1S/C33H22N2O5/c36-30(22-9-2-1-3-10-22)29-28(21-14-17-23(18-15-21)35(39)40)33(31(37)24-11-5-6-12-25(24)32(33)38)27-19-16-20-8-4-7-13-26(20)34(27)29/h1-19,27-29H/t27-,28-,29+/m1/s1.